The third-order valence-electron chi connectivity index (χ3n) is 4.23. The summed E-state index contributed by atoms with van der Waals surface area (Å²) in [4.78, 5) is 16.2. The standard InChI is InChI=1S/C20H19FN6O/c1-13-4-5-14(12-25-13)20(28)24-10-2-3-18-17(11-22)19(23)27(26-18)16-8-6-15(21)7-9-16/h4-9,12H,2-3,10,23H2,1H3,(H,24,28). The van der Waals surface area contributed by atoms with Crippen molar-refractivity contribution < 1.29 is 9.18 Å². The first-order valence-electron chi connectivity index (χ1n) is 8.74. The van der Waals surface area contributed by atoms with Crippen LogP contribution in [0.15, 0.2) is 42.6 Å². The first kappa shape index (κ1) is 19.0. The average Bonchev–Trinajstić information content (AvgIpc) is 3.01. The highest BCUT2D eigenvalue weighted by Gasteiger charge is 2.16. The van der Waals surface area contributed by atoms with Gasteiger partial charge in [0.2, 0.25) is 0 Å². The molecule has 0 aliphatic carbocycles. The van der Waals surface area contributed by atoms with Crippen LogP contribution in [0, 0.1) is 24.1 Å². The van der Waals surface area contributed by atoms with Gasteiger partial charge in [-0.05, 0) is 56.2 Å². The molecule has 8 heteroatoms. The Hall–Kier alpha value is -3.73. The van der Waals surface area contributed by atoms with Crippen LogP contribution < -0.4 is 11.1 Å². The molecule has 2 heterocycles. The van der Waals surface area contributed by atoms with E-state index in [9.17, 15) is 14.4 Å². The minimum Gasteiger partial charge on any atom is -0.382 e. The molecule has 3 N–H and O–H groups in total. The zero-order valence-corrected chi connectivity index (χ0v) is 15.3. The molecule has 2 aromatic heterocycles. The minimum atomic E-state index is -0.366. The molecule has 1 amide bonds. The quantitative estimate of drug-likeness (QED) is 0.641. The van der Waals surface area contributed by atoms with Crippen LogP contribution in [0.2, 0.25) is 0 Å². The number of carbonyl (C=O) groups excluding carboxylic acids is 1. The fourth-order valence-corrected chi connectivity index (χ4v) is 2.72. The van der Waals surface area contributed by atoms with E-state index in [1.807, 2.05) is 6.92 Å². The van der Waals surface area contributed by atoms with Crippen LogP contribution in [0.25, 0.3) is 5.69 Å². The molecular formula is C20H19FN6O. The van der Waals surface area contributed by atoms with Gasteiger partial charge < -0.3 is 11.1 Å². The van der Waals surface area contributed by atoms with E-state index in [2.05, 4.69) is 21.5 Å². The minimum absolute atomic E-state index is 0.204. The number of nitrogens with two attached hydrogens (primary N) is 1. The molecule has 0 atom stereocenters. The highest BCUT2D eigenvalue weighted by atomic mass is 19.1. The number of nitriles is 1. The summed E-state index contributed by atoms with van der Waals surface area (Å²) in [7, 11) is 0. The molecule has 0 saturated carbocycles. The molecule has 7 nitrogen and oxygen atoms in total. The molecule has 0 spiro atoms. The van der Waals surface area contributed by atoms with Gasteiger partial charge in [-0.3, -0.25) is 9.78 Å². The summed E-state index contributed by atoms with van der Waals surface area (Å²) in [5.41, 5.74) is 8.77. The van der Waals surface area contributed by atoms with Gasteiger partial charge >= 0.3 is 0 Å². The highest BCUT2D eigenvalue weighted by molar-refractivity contribution is 5.93. The van der Waals surface area contributed by atoms with Crippen molar-refractivity contribution in [3.8, 4) is 11.8 Å². The van der Waals surface area contributed by atoms with Gasteiger partial charge in [0.05, 0.1) is 16.9 Å². The van der Waals surface area contributed by atoms with Crippen molar-refractivity contribution in [1.82, 2.24) is 20.1 Å². The summed E-state index contributed by atoms with van der Waals surface area (Å²) in [6, 6.07) is 11.3. The van der Waals surface area contributed by atoms with E-state index in [1.54, 1.807) is 24.3 Å². The van der Waals surface area contributed by atoms with Crippen molar-refractivity contribution in [1.29, 1.82) is 5.26 Å². The van der Waals surface area contributed by atoms with E-state index in [0.717, 1.165) is 5.69 Å². The highest BCUT2D eigenvalue weighted by Crippen LogP contribution is 2.21. The molecule has 3 aromatic rings. The number of aromatic nitrogens is 3. The second-order valence-electron chi connectivity index (χ2n) is 6.25. The lowest BCUT2D eigenvalue weighted by Gasteiger charge is -2.05. The molecule has 0 fully saturated rings. The Bertz CT molecular complexity index is 1020. The normalized spacial score (nSPS) is 10.5. The third kappa shape index (κ3) is 4.15. The molecule has 1 aromatic carbocycles. The van der Waals surface area contributed by atoms with Gasteiger partial charge in [0, 0.05) is 18.4 Å². The summed E-state index contributed by atoms with van der Waals surface area (Å²) >= 11 is 0. The molecule has 0 aliphatic heterocycles. The summed E-state index contributed by atoms with van der Waals surface area (Å²) in [5, 5.41) is 16.6. The fourth-order valence-electron chi connectivity index (χ4n) is 2.72. The fraction of sp³-hybridized carbons (Fsp3) is 0.200. The number of carbonyl (C=O) groups is 1. The van der Waals surface area contributed by atoms with E-state index in [4.69, 9.17) is 5.73 Å². The van der Waals surface area contributed by atoms with Gasteiger partial charge in [-0.2, -0.15) is 10.4 Å². The van der Waals surface area contributed by atoms with Crippen molar-refractivity contribution in [2.75, 3.05) is 12.3 Å². The Morgan fingerprint density at radius 2 is 2.04 bits per heavy atom. The number of anilines is 1. The number of amides is 1. The molecule has 3 rings (SSSR count). The number of aryl methyl sites for hydroxylation is 2. The maximum Gasteiger partial charge on any atom is 0.252 e. The number of rotatable bonds is 6. The van der Waals surface area contributed by atoms with Crippen LogP contribution in [-0.4, -0.2) is 27.2 Å². The topological polar surface area (TPSA) is 110 Å². The van der Waals surface area contributed by atoms with Gasteiger partial charge in [-0.15, -0.1) is 0 Å². The van der Waals surface area contributed by atoms with Gasteiger partial charge in [0.15, 0.2) is 0 Å². The lowest BCUT2D eigenvalue weighted by molar-refractivity contribution is 0.0953. The van der Waals surface area contributed by atoms with Crippen molar-refractivity contribution >= 4 is 11.7 Å². The van der Waals surface area contributed by atoms with E-state index < -0.39 is 0 Å². The second-order valence-corrected chi connectivity index (χ2v) is 6.25. The van der Waals surface area contributed by atoms with Gasteiger partial charge in [-0.25, -0.2) is 9.07 Å². The van der Waals surface area contributed by atoms with Crippen LogP contribution in [0.5, 0.6) is 0 Å². The van der Waals surface area contributed by atoms with E-state index >= 15 is 0 Å². The van der Waals surface area contributed by atoms with E-state index in [1.165, 1.54) is 23.0 Å². The third-order valence-corrected chi connectivity index (χ3v) is 4.23. The Labute approximate surface area is 161 Å². The van der Waals surface area contributed by atoms with Gasteiger partial charge in [0.25, 0.3) is 5.91 Å². The Balaban J connectivity index is 1.63. The Morgan fingerprint density at radius 1 is 1.29 bits per heavy atom. The molecule has 28 heavy (non-hydrogen) atoms. The summed E-state index contributed by atoms with van der Waals surface area (Å²) < 4.78 is 14.5. The van der Waals surface area contributed by atoms with E-state index in [0.29, 0.717) is 41.9 Å². The predicted molar refractivity (Wildman–Crippen MR) is 102 cm³/mol. The molecular weight excluding hydrogens is 359 g/mol. The summed E-state index contributed by atoms with van der Waals surface area (Å²) in [5.74, 6) is -0.363. The number of nitrogen functional groups attached to an aromatic ring is 1. The largest absolute Gasteiger partial charge is 0.382 e. The van der Waals surface area contributed by atoms with E-state index in [-0.39, 0.29) is 17.5 Å². The van der Waals surface area contributed by atoms with Crippen LogP contribution >= 0.6 is 0 Å². The lowest BCUT2D eigenvalue weighted by atomic mass is 10.1. The maximum absolute atomic E-state index is 13.1. The number of nitrogens with zero attached hydrogens (tertiary/aromatic N) is 4. The number of halogens is 1. The number of nitrogens with one attached hydrogen (secondary N) is 1. The van der Waals surface area contributed by atoms with Crippen molar-refractivity contribution in [2.24, 2.45) is 0 Å². The Morgan fingerprint density at radius 3 is 2.68 bits per heavy atom. The van der Waals surface area contributed by atoms with Crippen molar-refractivity contribution in [3.05, 3.63) is 70.9 Å². The zero-order valence-electron chi connectivity index (χ0n) is 15.3. The summed E-state index contributed by atoms with van der Waals surface area (Å²) in [6.45, 7) is 2.27. The van der Waals surface area contributed by atoms with Gasteiger partial charge in [0.1, 0.15) is 23.3 Å². The molecule has 0 bridgehead atoms. The molecule has 0 radical (unpaired) electrons. The molecule has 0 aliphatic rings. The second kappa shape index (κ2) is 8.31. The average molecular weight is 378 g/mol. The maximum atomic E-state index is 13.1. The monoisotopic (exact) mass is 378 g/mol. The SMILES string of the molecule is Cc1ccc(C(=O)NCCCc2nn(-c3ccc(F)cc3)c(N)c2C#N)cn1. The van der Waals surface area contributed by atoms with Crippen molar-refractivity contribution in [2.45, 2.75) is 19.8 Å². The summed E-state index contributed by atoms with van der Waals surface area (Å²) in [6.07, 6.45) is 2.58. The first-order valence-corrected chi connectivity index (χ1v) is 8.74. The van der Waals surface area contributed by atoms with Crippen molar-refractivity contribution in [3.63, 3.8) is 0 Å². The lowest BCUT2D eigenvalue weighted by Crippen LogP contribution is -2.25. The number of pyridine rings is 1. The van der Waals surface area contributed by atoms with Crippen LogP contribution in [0.4, 0.5) is 10.2 Å². The van der Waals surface area contributed by atoms with Crippen LogP contribution in [0.3, 0.4) is 0 Å². The number of hydrogen-bond donors (Lipinski definition) is 2. The molecule has 142 valence electrons. The number of benzene rings is 1. The first-order chi connectivity index (χ1) is 13.5. The van der Waals surface area contributed by atoms with Crippen LogP contribution in [-0.2, 0) is 6.42 Å². The molecule has 0 saturated heterocycles. The zero-order chi connectivity index (χ0) is 20.1. The number of hydrogen-bond acceptors (Lipinski definition) is 5. The van der Waals surface area contributed by atoms with Gasteiger partial charge in [-0.1, -0.05) is 0 Å². The predicted octanol–water partition coefficient (Wildman–Crippen LogP) is 2.53. The molecule has 0 unspecified atom stereocenters. The smallest absolute Gasteiger partial charge is 0.252 e. The Kier molecular flexibility index (Phi) is 5.65. The van der Waals surface area contributed by atoms with Crippen LogP contribution in [0.1, 0.15) is 33.7 Å².